The van der Waals surface area contributed by atoms with Crippen molar-refractivity contribution in [3.63, 3.8) is 0 Å². The molecule has 118 valence electrons. The van der Waals surface area contributed by atoms with Gasteiger partial charge >= 0.3 is 0 Å². The van der Waals surface area contributed by atoms with Crippen molar-refractivity contribution >= 4 is 23.9 Å². The van der Waals surface area contributed by atoms with Crippen molar-refractivity contribution < 1.29 is 4.79 Å². The molecule has 0 saturated heterocycles. The third kappa shape index (κ3) is 6.18. The van der Waals surface area contributed by atoms with Crippen molar-refractivity contribution in [3.8, 4) is 0 Å². The highest BCUT2D eigenvalue weighted by atomic mass is 16.2. The lowest BCUT2D eigenvalue weighted by molar-refractivity contribution is -0.119. The predicted octanol–water partition coefficient (Wildman–Crippen LogP) is 3.61. The minimum atomic E-state index is -0.186. The first kappa shape index (κ1) is 16.5. The number of benzene rings is 2. The third-order valence-electron chi connectivity index (χ3n) is 3.16. The minimum Gasteiger partial charge on any atom is -0.376 e. The largest absolute Gasteiger partial charge is 0.376 e. The van der Waals surface area contributed by atoms with Crippen LogP contribution in [-0.4, -0.2) is 18.7 Å². The number of nitrogens with one attached hydrogen (secondary N) is 2. The maximum absolute atomic E-state index is 11.7. The van der Waals surface area contributed by atoms with Crippen LogP contribution in [0, 0.1) is 6.92 Å². The zero-order valence-electron chi connectivity index (χ0n) is 13.4. The van der Waals surface area contributed by atoms with Crippen LogP contribution in [0.1, 0.15) is 18.1 Å². The highest BCUT2D eigenvalue weighted by molar-refractivity contribution is 5.87. The number of anilines is 1. The number of amides is 1. The number of carbonyl (C=O) groups is 1. The number of rotatable bonds is 6. The highest BCUT2D eigenvalue weighted by Gasteiger charge is 1.99. The Bertz CT molecular complexity index is 688. The van der Waals surface area contributed by atoms with Crippen molar-refractivity contribution in [1.29, 1.82) is 0 Å². The Morgan fingerprint density at radius 3 is 2.48 bits per heavy atom. The van der Waals surface area contributed by atoms with E-state index < -0.39 is 0 Å². The van der Waals surface area contributed by atoms with Gasteiger partial charge in [0, 0.05) is 5.69 Å². The first-order chi connectivity index (χ1) is 11.1. The first-order valence-electron chi connectivity index (χ1n) is 7.49. The predicted molar refractivity (Wildman–Crippen MR) is 96.4 cm³/mol. The molecule has 0 radical (unpaired) electrons. The topological polar surface area (TPSA) is 53.5 Å². The van der Waals surface area contributed by atoms with Crippen LogP contribution in [-0.2, 0) is 4.79 Å². The quantitative estimate of drug-likeness (QED) is 0.632. The summed E-state index contributed by atoms with van der Waals surface area (Å²) in [6.45, 7) is 4.14. The lowest BCUT2D eigenvalue weighted by Gasteiger charge is -2.05. The summed E-state index contributed by atoms with van der Waals surface area (Å²) in [5.41, 5.74) is 6.67. The summed E-state index contributed by atoms with van der Waals surface area (Å²) in [5, 5.41) is 7.01. The minimum absolute atomic E-state index is 0.182. The van der Waals surface area contributed by atoms with Crippen LogP contribution in [0.2, 0.25) is 0 Å². The van der Waals surface area contributed by atoms with Gasteiger partial charge in [-0.25, -0.2) is 5.43 Å². The second-order valence-corrected chi connectivity index (χ2v) is 5.31. The third-order valence-corrected chi connectivity index (χ3v) is 3.16. The second kappa shape index (κ2) is 8.54. The molecule has 4 nitrogen and oxygen atoms in total. The average molecular weight is 307 g/mol. The Hall–Kier alpha value is -2.88. The van der Waals surface area contributed by atoms with Crippen LogP contribution < -0.4 is 10.7 Å². The van der Waals surface area contributed by atoms with E-state index in [-0.39, 0.29) is 12.5 Å². The Balaban J connectivity index is 1.77. The molecule has 2 rings (SSSR count). The molecule has 0 spiro atoms. The van der Waals surface area contributed by atoms with E-state index in [2.05, 4.69) is 15.8 Å². The fourth-order valence-electron chi connectivity index (χ4n) is 1.95. The van der Waals surface area contributed by atoms with Crippen LogP contribution in [0.15, 0.2) is 65.3 Å². The van der Waals surface area contributed by atoms with Crippen LogP contribution in [0.3, 0.4) is 0 Å². The Morgan fingerprint density at radius 2 is 1.78 bits per heavy atom. The molecule has 2 aromatic carbocycles. The Kier molecular flexibility index (Phi) is 6.12. The van der Waals surface area contributed by atoms with Gasteiger partial charge in [-0.05, 0) is 37.1 Å². The highest BCUT2D eigenvalue weighted by Crippen LogP contribution is 2.07. The molecular formula is C19H21N3O. The van der Waals surface area contributed by atoms with Crippen molar-refractivity contribution in [1.82, 2.24) is 5.43 Å². The van der Waals surface area contributed by atoms with Crippen LogP contribution >= 0.6 is 0 Å². The van der Waals surface area contributed by atoms with Crippen molar-refractivity contribution in [3.05, 3.63) is 71.3 Å². The molecule has 23 heavy (non-hydrogen) atoms. The molecule has 0 saturated carbocycles. The summed E-state index contributed by atoms with van der Waals surface area (Å²) >= 11 is 0. The zero-order chi connectivity index (χ0) is 16.5. The number of aryl methyl sites for hydroxylation is 1. The SMILES string of the molecule is CC(C=NNC(=O)CNc1ccc(C)cc1)=Cc1ccccc1. The van der Waals surface area contributed by atoms with Gasteiger partial charge in [0.15, 0.2) is 0 Å². The molecule has 0 aliphatic carbocycles. The summed E-state index contributed by atoms with van der Waals surface area (Å²) in [4.78, 5) is 11.7. The van der Waals surface area contributed by atoms with Gasteiger partial charge in [0.25, 0.3) is 5.91 Å². The lowest BCUT2D eigenvalue weighted by Crippen LogP contribution is -2.25. The first-order valence-corrected chi connectivity index (χ1v) is 7.49. The molecule has 2 aromatic rings. The summed E-state index contributed by atoms with van der Waals surface area (Å²) in [6.07, 6.45) is 3.64. The number of hydrogen-bond acceptors (Lipinski definition) is 3. The Morgan fingerprint density at radius 1 is 1.09 bits per heavy atom. The molecule has 0 aliphatic heterocycles. The van der Waals surface area contributed by atoms with Gasteiger partial charge in [0.05, 0.1) is 12.8 Å². The molecule has 0 aromatic heterocycles. The number of carbonyl (C=O) groups excluding carboxylic acids is 1. The number of hydrazone groups is 1. The van der Waals surface area contributed by atoms with E-state index in [1.807, 2.05) is 74.5 Å². The van der Waals surface area contributed by atoms with Crippen molar-refractivity contribution in [2.45, 2.75) is 13.8 Å². The molecule has 2 N–H and O–H groups in total. The Labute approximate surface area is 136 Å². The molecule has 0 heterocycles. The van der Waals surface area contributed by atoms with Gasteiger partial charge in [-0.1, -0.05) is 54.1 Å². The molecule has 0 aliphatic rings. The molecule has 0 bridgehead atoms. The van der Waals surface area contributed by atoms with Crippen molar-refractivity contribution in [2.75, 3.05) is 11.9 Å². The summed E-state index contributed by atoms with van der Waals surface area (Å²) < 4.78 is 0. The van der Waals surface area contributed by atoms with Gasteiger partial charge < -0.3 is 5.32 Å². The average Bonchev–Trinajstić information content (AvgIpc) is 2.55. The van der Waals surface area contributed by atoms with Crippen LogP contribution in [0.4, 0.5) is 5.69 Å². The monoisotopic (exact) mass is 307 g/mol. The fraction of sp³-hybridized carbons (Fsp3) is 0.158. The summed E-state index contributed by atoms with van der Waals surface area (Å²) in [7, 11) is 0. The van der Waals surface area contributed by atoms with Crippen LogP contribution in [0.5, 0.6) is 0 Å². The summed E-state index contributed by atoms with van der Waals surface area (Å²) in [5.74, 6) is -0.186. The van der Waals surface area contributed by atoms with Crippen molar-refractivity contribution in [2.24, 2.45) is 5.10 Å². The van der Waals surface area contributed by atoms with Gasteiger partial charge in [0.2, 0.25) is 0 Å². The summed E-state index contributed by atoms with van der Waals surface area (Å²) in [6, 6.07) is 17.8. The normalized spacial score (nSPS) is 11.5. The molecular weight excluding hydrogens is 286 g/mol. The molecule has 4 heteroatoms. The van der Waals surface area contributed by atoms with E-state index in [1.165, 1.54) is 5.56 Å². The van der Waals surface area contributed by atoms with E-state index >= 15 is 0 Å². The van der Waals surface area contributed by atoms with Gasteiger partial charge in [-0.3, -0.25) is 4.79 Å². The smallest absolute Gasteiger partial charge is 0.259 e. The van der Waals surface area contributed by atoms with E-state index in [0.717, 1.165) is 16.8 Å². The second-order valence-electron chi connectivity index (χ2n) is 5.31. The van der Waals surface area contributed by atoms with E-state index in [9.17, 15) is 4.79 Å². The number of allylic oxidation sites excluding steroid dienone is 1. The molecule has 0 unspecified atom stereocenters. The maximum Gasteiger partial charge on any atom is 0.259 e. The van der Waals surface area contributed by atoms with Gasteiger partial charge in [0.1, 0.15) is 0 Å². The fourth-order valence-corrected chi connectivity index (χ4v) is 1.95. The molecule has 0 fully saturated rings. The van der Waals surface area contributed by atoms with Gasteiger partial charge in [-0.2, -0.15) is 5.10 Å². The number of hydrogen-bond donors (Lipinski definition) is 2. The lowest BCUT2D eigenvalue weighted by atomic mass is 10.1. The van der Waals surface area contributed by atoms with E-state index in [4.69, 9.17) is 0 Å². The molecule has 1 amide bonds. The standard InChI is InChI=1S/C19H21N3O/c1-15-8-10-18(11-9-15)20-14-19(23)22-21-13-16(2)12-17-6-4-3-5-7-17/h3-13,20H,14H2,1-2H3,(H,22,23). The van der Waals surface area contributed by atoms with E-state index in [0.29, 0.717) is 0 Å². The van der Waals surface area contributed by atoms with Gasteiger partial charge in [-0.15, -0.1) is 0 Å². The number of nitrogens with zero attached hydrogens (tertiary/aromatic N) is 1. The van der Waals surface area contributed by atoms with E-state index in [1.54, 1.807) is 6.21 Å². The molecule has 0 atom stereocenters. The maximum atomic E-state index is 11.7. The zero-order valence-corrected chi connectivity index (χ0v) is 13.4. The van der Waals surface area contributed by atoms with Crippen LogP contribution in [0.25, 0.3) is 6.08 Å².